The van der Waals surface area contributed by atoms with Crippen molar-refractivity contribution in [1.82, 2.24) is 4.72 Å². The van der Waals surface area contributed by atoms with Gasteiger partial charge in [0.2, 0.25) is 10.0 Å². The van der Waals surface area contributed by atoms with Crippen molar-refractivity contribution in [3.63, 3.8) is 0 Å². The maximum atomic E-state index is 13.6. The third kappa shape index (κ3) is 4.89. The van der Waals surface area contributed by atoms with Gasteiger partial charge in [-0.1, -0.05) is 63.2 Å². The summed E-state index contributed by atoms with van der Waals surface area (Å²) in [5.41, 5.74) is 2.28. The summed E-state index contributed by atoms with van der Waals surface area (Å²) in [6, 6.07) is 13.4. The van der Waals surface area contributed by atoms with Gasteiger partial charge in [0.1, 0.15) is 5.82 Å². The molecule has 0 aliphatic rings. The second-order valence-corrected chi connectivity index (χ2v) is 8.82. The third-order valence-corrected chi connectivity index (χ3v) is 5.34. The molecule has 0 spiro atoms. The Balaban J connectivity index is 2.10. The molecule has 0 saturated heterocycles. The second-order valence-electron chi connectivity index (χ2n) is 7.06. The first-order chi connectivity index (χ1) is 11.1. The van der Waals surface area contributed by atoms with E-state index in [4.69, 9.17) is 0 Å². The molecular weight excluding hydrogens is 325 g/mol. The molecule has 0 radical (unpaired) electrons. The van der Waals surface area contributed by atoms with E-state index in [1.54, 1.807) is 13.0 Å². The summed E-state index contributed by atoms with van der Waals surface area (Å²) >= 11 is 0. The maximum absolute atomic E-state index is 13.6. The summed E-state index contributed by atoms with van der Waals surface area (Å²) in [5.74, 6) is -0.880. The molecule has 0 heterocycles. The largest absolute Gasteiger partial charge is 0.216 e. The van der Waals surface area contributed by atoms with Crippen LogP contribution in [0.1, 0.15) is 50.4 Å². The molecule has 0 unspecified atom stereocenters. The molecule has 3 nitrogen and oxygen atoms in total. The van der Waals surface area contributed by atoms with E-state index in [-0.39, 0.29) is 22.8 Å². The van der Waals surface area contributed by atoms with Crippen LogP contribution >= 0.6 is 0 Å². The third-order valence-electron chi connectivity index (χ3n) is 3.94. The van der Waals surface area contributed by atoms with Crippen molar-refractivity contribution in [2.75, 3.05) is 0 Å². The molecule has 1 N–H and O–H groups in total. The molecule has 24 heavy (non-hydrogen) atoms. The van der Waals surface area contributed by atoms with Gasteiger partial charge in [0.25, 0.3) is 0 Å². The number of benzene rings is 2. The van der Waals surface area contributed by atoms with Gasteiger partial charge in [0.15, 0.2) is 0 Å². The predicted molar refractivity (Wildman–Crippen MR) is 95.7 cm³/mol. The van der Waals surface area contributed by atoms with E-state index in [1.165, 1.54) is 23.8 Å². The summed E-state index contributed by atoms with van der Waals surface area (Å²) in [4.78, 5) is 0. The van der Waals surface area contributed by atoms with Crippen LogP contribution in [0.25, 0.3) is 0 Å². The van der Waals surface area contributed by atoms with Gasteiger partial charge in [-0.25, -0.2) is 17.5 Å². The van der Waals surface area contributed by atoms with E-state index in [2.05, 4.69) is 25.5 Å². The molecule has 0 fully saturated rings. The number of halogens is 1. The lowest BCUT2D eigenvalue weighted by atomic mass is 9.86. The lowest BCUT2D eigenvalue weighted by Crippen LogP contribution is -2.28. The monoisotopic (exact) mass is 349 g/mol. The molecule has 2 rings (SSSR count). The van der Waals surface area contributed by atoms with Crippen LogP contribution in [0, 0.1) is 5.82 Å². The zero-order valence-electron chi connectivity index (χ0n) is 14.5. The van der Waals surface area contributed by atoms with Crippen LogP contribution in [-0.4, -0.2) is 8.42 Å². The Morgan fingerprint density at radius 3 is 2.17 bits per heavy atom. The van der Waals surface area contributed by atoms with Crippen LogP contribution < -0.4 is 4.72 Å². The Hall–Kier alpha value is -1.72. The molecule has 0 aliphatic heterocycles. The van der Waals surface area contributed by atoms with Crippen LogP contribution in [0.15, 0.2) is 48.5 Å². The molecule has 1 atom stereocenters. The second kappa shape index (κ2) is 7.03. The Morgan fingerprint density at radius 2 is 1.62 bits per heavy atom. The summed E-state index contributed by atoms with van der Waals surface area (Å²) in [5, 5.41) is 0. The summed E-state index contributed by atoms with van der Waals surface area (Å²) in [6.07, 6.45) is 0. The molecule has 130 valence electrons. The standard InChI is InChI=1S/C19H24FNO2S/c1-14(15-9-11-17(12-10-15)19(2,3)4)21-24(22,23)13-16-7-5-6-8-18(16)20/h5-12,14,21H,13H2,1-4H3/t14-/m0/s1. The van der Waals surface area contributed by atoms with Gasteiger partial charge in [0.05, 0.1) is 5.75 Å². The van der Waals surface area contributed by atoms with E-state index in [0.717, 1.165) is 5.56 Å². The van der Waals surface area contributed by atoms with Crippen molar-refractivity contribution in [3.05, 3.63) is 71.0 Å². The van der Waals surface area contributed by atoms with Gasteiger partial charge >= 0.3 is 0 Å². The molecular formula is C19H24FNO2S. The van der Waals surface area contributed by atoms with E-state index < -0.39 is 15.8 Å². The molecule has 0 aromatic heterocycles. The van der Waals surface area contributed by atoms with E-state index in [0.29, 0.717) is 0 Å². The average molecular weight is 349 g/mol. The fourth-order valence-corrected chi connectivity index (χ4v) is 3.87. The smallest absolute Gasteiger partial charge is 0.212 e. The molecule has 0 bridgehead atoms. The molecule has 0 amide bonds. The summed E-state index contributed by atoms with van der Waals surface area (Å²) < 4.78 is 40.8. The maximum Gasteiger partial charge on any atom is 0.216 e. The lowest BCUT2D eigenvalue weighted by Gasteiger charge is -2.20. The molecule has 2 aromatic carbocycles. The number of rotatable bonds is 5. The lowest BCUT2D eigenvalue weighted by molar-refractivity contribution is 0.560. The van der Waals surface area contributed by atoms with Gasteiger partial charge in [-0.05, 0) is 29.5 Å². The minimum absolute atomic E-state index is 0.0477. The fraction of sp³-hybridized carbons (Fsp3) is 0.368. The first-order valence-electron chi connectivity index (χ1n) is 7.92. The van der Waals surface area contributed by atoms with Crippen molar-refractivity contribution in [2.24, 2.45) is 0 Å². The van der Waals surface area contributed by atoms with Crippen molar-refractivity contribution in [1.29, 1.82) is 0 Å². The van der Waals surface area contributed by atoms with Crippen LogP contribution in [-0.2, 0) is 21.2 Å². The van der Waals surface area contributed by atoms with Crippen LogP contribution in [0.4, 0.5) is 4.39 Å². The Bertz CT molecular complexity index is 793. The SMILES string of the molecule is C[C@H](NS(=O)(=O)Cc1ccccc1F)c1ccc(C(C)(C)C)cc1. The van der Waals surface area contributed by atoms with Crippen LogP contribution in [0.2, 0.25) is 0 Å². The number of sulfonamides is 1. The first kappa shape index (κ1) is 18.6. The number of hydrogen-bond donors (Lipinski definition) is 1. The minimum atomic E-state index is -3.63. The first-order valence-corrected chi connectivity index (χ1v) is 9.57. The van der Waals surface area contributed by atoms with Gasteiger partial charge in [-0.15, -0.1) is 0 Å². The van der Waals surface area contributed by atoms with Crippen LogP contribution in [0.5, 0.6) is 0 Å². The molecule has 2 aromatic rings. The van der Waals surface area contributed by atoms with Gasteiger partial charge < -0.3 is 0 Å². The van der Waals surface area contributed by atoms with Gasteiger partial charge in [-0.2, -0.15) is 0 Å². The highest BCUT2D eigenvalue weighted by Crippen LogP contribution is 2.24. The zero-order valence-corrected chi connectivity index (χ0v) is 15.3. The van der Waals surface area contributed by atoms with Crippen molar-refractivity contribution in [2.45, 2.75) is 44.9 Å². The number of hydrogen-bond acceptors (Lipinski definition) is 2. The Morgan fingerprint density at radius 1 is 1.04 bits per heavy atom. The molecule has 5 heteroatoms. The van der Waals surface area contributed by atoms with Gasteiger partial charge in [0, 0.05) is 11.6 Å². The van der Waals surface area contributed by atoms with E-state index >= 15 is 0 Å². The van der Waals surface area contributed by atoms with E-state index in [9.17, 15) is 12.8 Å². The quantitative estimate of drug-likeness (QED) is 0.874. The highest BCUT2D eigenvalue weighted by atomic mass is 32.2. The molecule has 0 saturated carbocycles. The zero-order chi connectivity index (χ0) is 18.0. The van der Waals surface area contributed by atoms with E-state index in [1.807, 2.05) is 24.3 Å². The normalized spacial score (nSPS) is 13.7. The summed E-state index contributed by atoms with van der Waals surface area (Å²) in [6.45, 7) is 8.17. The summed E-state index contributed by atoms with van der Waals surface area (Å²) in [7, 11) is -3.63. The minimum Gasteiger partial charge on any atom is -0.212 e. The van der Waals surface area contributed by atoms with Gasteiger partial charge in [-0.3, -0.25) is 0 Å². The predicted octanol–water partition coefficient (Wildman–Crippen LogP) is 4.30. The molecule has 0 aliphatic carbocycles. The van der Waals surface area contributed by atoms with Crippen molar-refractivity contribution in [3.8, 4) is 0 Å². The Kier molecular flexibility index (Phi) is 5.45. The van der Waals surface area contributed by atoms with Crippen molar-refractivity contribution < 1.29 is 12.8 Å². The fourth-order valence-electron chi connectivity index (χ4n) is 2.47. The average Bonchev–Trinajstić information content (AvgIpc) is 2.48. The van der Waals surface area contributed by atoms with Crippen LogP contribution in [0.3, 0.4) is 0 Å². The van der Waals surface area contributed by atoms with Crippen molar-refractivity contribution >= 4 is 10.0 Å². The topological polar surface area (TPSA) is 46.2 Å². The Labute approximate surface area is 144 Å². The number of nitrogens with one attached hydrogen (secondary N) is 1. The highest BCUT2D eigenvalue weighted by molar-refractivity contribution is 7.88. The highest BCUT2D eigenvalue weighted by Gasteiger charge is 2.19.